The molecular weight excluding hydrogens is 304 g/mol. The van der Waals surface area contributed by atoms with Crippen LogP contribution in [0.15, 0.2) is 42.7 Å². The lowest BCUT2D eigenvalue weighted by Crippen LogP contribution is -2.49. The maximum Gasteiger partial charge on any atom is 0.227 e. The van der Waals surface area contributed by atoms with Gasteiger partial charge in [-0.1, -0.05) is 24.3 Å². The van der Waals surface area contributed by atoms with E-state index in [4.69, 9.17) is 10.5 Å². The van der Waals surface area contributed by atoms with E-state index >= 15 is 0 Å². The fourth-order valence-electron chi connectivity index (χ4n) is 3.10. The Bertz CT molecular complexity index is 663. The molecule has 1 amide bonds. The van der Waals surface area contributed by atoms with E-state index in [1.165, 1.54) is 0 Å². The van der Waals surface area contributed by atoms with E-state index in [-0.39, 0.29) is 5.91 Å². The average molecular weight is 328 g/mol. The molecule has 2 heterocycles. The molecule has 0 atom stereocenters. The molecule has 128 valence electrons. The Morgan fingerprint density at radius 1 is 1.25 bits per heavy atom. The summed E-state index contributed by atoms with van der Waals surface area (Å²) < 4.78 is 7.25. The van der Waals surface area contributed by atoms with Crippen LogP contribution in [0.2, 0.25) is 0 Å². The van der Waals surface area contributed by atoms with Gasteiger partial charge in [-0.05, 0) is 30.0 Å². The van der Waals surface area contributed by atoms with Crippen molar-refractivity contribution in [1.29, 1.82) is 0 Å². The lowest BCUT2D eigenvalue weighted by atomic mass is 9.79. The number of carbonyl (C=O) groups is 1. The Balaban J connectivity index is 1.67. The molecule has 1 aromatic carbocycles. The second kappa shape index (κ2) is 7.59. The number of hydrogen-bond donors (Lipinski definition) is 2. The van der Waals surface area contributed by atoms with Gasteiger partial charge in [-0.3, -0.25) is 9.48 Å². The molecule has 0 bridgehead atoms. The molecule has 0 aliphatic carbocycles. The van der Waals surface area contributed by atoms with Crippen LogP contribution in [0.5, 0.6) is 0 Å². The molecule has 1 aliphatic rings. The van der Waals surface area contributed by atoms with Gasteiger partial charge in [-0.15, -0.1) is 0 Å². The highest BCUT2D eigenvalue weighted by Crippen LogP contribution is 2.29. The standard InChI is InChI=1S/C18H24N4O2/c19-14-18(6-10-24-11-7-18)17(23)20-12-15-4-1-2-5-16(15)13-22-9-3-8-21-22/h1-5,8-9H,6-7,10-14,19H2,(H,20,23). The van der Waals surface area contributed by atoms with Gasteiger partial charge in [0.1, 0.15) is 0 Å². The van der Waals surface area contributed by atoms with Gasteiger partial charge in [0.05, 0.1) is 12.0 Å². The Labute approximate surface area is 142 Å². The first kappa shape index (κ1) is 16.7. The van der Waals surface area contributed by atoms with Gasteiger partial charge in [0.15, 0.2) is 0 Å². The molecule has 0 unspecified atom stereocenters. The molecule has 6 heteroatoms. The number of amides is 1. The predicted octanol–water partition coefficient (Wildman–Crippen LogP) is 1.30. The van der Waals surface area contributed by atoms with Gasteiger partial charge in [0, 0.05) is 38.7 Å². The zero-order chi connectivity index (χ0) is 16.8. The molecule has 0 spiro atoms. The summed E-state index contributed by atoms with van der Waals surface area (Å²) in [6.45, 7) is 2.74. The van der Waals surface area contributed by atoms with Gasteiger partial charge < -0.3 is 15.8 Å². The summed E-state index contributed by atoms with van der Waals surface area (Å²) in [5.41, 5.74) is 7.66. The molecule has 1 saturated heterocycles. The molecular formula is C18H24N4O2. The normalized spacial score (nSPS) is 16.7. The maximum atomic E-state index is 12.7. The van der Waals surface area contributed by atoms with Crippen molar-refractivity contribution < 1.29 is 9.53 Å². The first-order valence-electron chi connectivity index (χ1n) is 8.34. The van der Waals surface area contributed by atoms with E-state index in [2.05, 4.69) is 16.5 Å². The first-order chi connectivity index (χ1) is 11.7. The van der Waals surface area contributed by atoms with Gasteiger partial charge in [0.25, 0.3) is 0 Å². The number of nitrogens with zero attached hydrogens (tertiary/aromatic N) is 2. The van der Waals surface area contributed by atoms with Crippen LogP contribution in [0.3, 0.4) is 0 Å². The highest BCUT2D eigenvalue weighted by atomic mass is 16.5. The molecule has 0 radical (unpaired) electrons. The predicted molar refractivity (Wildman–Crippen MR) is 91.2 cm³/mol. The highest BCUT2D eigenvalue weighted by Gasteiger charge is 2.38. The van der Waals surface area contributed by atoms with E-state index in [0.717, 1.165) is 11.1 Å². The van der Waals surface area contributed by atoms with Crippen molar-refractivity contribution >= 4 is 5.91 Å². The quantitative estimate of drug-likeness (QED) is 0.837. The van der Waals surface area contributed by atoms with Gasteiger partial charge in [0.2, 0.25) is 5.91 Å². The second-order valence-electron chi connectivity index (χ2n) is 6.25. The number of hydrogen-bond acceptors (Lipinski definition) is 4. The third kappa shape index (κ3) is 3.66. The van der Waals surface area contributed by atoms with E-state index in [1.807, 2.05) is 35.1 Å². The summed E-state index contributed by atoms with van der Waals surface area (Å²) in [6.07, 6.45) is 5.07. The topological polar surface area (TPSA) is 82.2 Å². The molecule has 24 heavy (non-hydrogen) atoms. The van der Waals surface area contributed by atoms with Crippen LogP contribution < -0.4 is 11.1 Å². The summed E-state index contributed by atoms with van der Waals surface area (Å²) in [5.74, 6) is 0.0298. The monoisotopic (exact) mass is 328 g/mol. The lowest BCUT2D eigenvalue weighted by molar-refractivity contribution is -0.136. The minimum atomic E-state index is -0.491. The summed E-state index contributed by atoms with van der Waals surface area (Å²) in [4.78, 5) is 12.7. The van der Waals surface area contributed by atoms with E-state index in [9.17, 15) is 4.79 Å². The third-order valence-corrected chi connectivity index (χ3v) is 4.77. The number of nitrogens with one attached hydrogen (secondary N) is 1. The minimum absolute atomic E-state index is 0.0298. The number of carbonyl (C=O) groups excluding carboxylic acids is 1. The summed E-state index contributed by atoms with van der Waals surface area (Å²) in [7, 11) is 0. The van der Waals surface area contributed by atoms with Crippen molar-refractivity contribution in [2.45, 2.75) is 25.9 Å². The van der Waals surface area contributed by atoms with Crippen LogP contribution in [0.1, 0.15) is 24.0 Å². The minimum Gasteiger partial charge on any atom is -0.381 e. The smallest absolute Gasteiger partial charge is 0.227 e. The van der Waals surface area contributed by atoms with Crippen LogP contribution >= 0.6 is 0 Å². The van der Waals surface area contributed by atoms with Gasteiger partial charge >= 0.3 is 0 Å². The van der Waals surface area contributed by atoms with Crippen molar-refractivity contribution in [3.05, 3.63) is 53.9 Å². The maximum absolute atomic E-state index is 12.7. The fourth-order valence-corrected chi connectivity index (χ4v) is 3.10. The zero-order valence-electron chi connectivity index (χ0n) is 13.8. The molecule has 3 N–H and O–H groups in total. The average Bonchev–Trinajstić information content (AvgIpc) is 3.14. The van der Waals surface area contributed by atoms with Crippen LogP contribution in [0.25, 0.3) is 0 Å². The lowest BCUT2D eigenvalue weighted by Gasteiger charge is -2.34. The molecule has 6 nitrogen and oxygen atoms in total. The zero-order valence-corrected chi connectivity index (χ0v) is 13.8. The molecule has 3 rings (SSSR count). The summed E-state index contributed by atoms with van der Waals surface area (Å²) in [5, 5.41) is 7.32. The number of rotatable bonds is 6. The van der Waals surface area contributed by atoms with Crippen molar-refractivity contribution in [2.24, 2.45) is 11.1 Å². The van der Waals surface area contributed by atoms with Crippen LogP contribution in [0.4, 0.5) is 0 Å². The van der Waals surface area contributed by atoms with Gasteiger partial charge in [-0.25, -0.2) is 0 Å². The largest absolute Gasteiger partial charge is 0.381 e. The third-order valence-electron chi connectivity index (χ3n) is 4.77. The first-order valence-corrected chi connectivity index (χ1v) is 8.34. The highest BCUT2D eigenvalue weighted by molar-refractivity contribution is 5.83. The van der Waals surface area contributed by atoms with Gasteiger partial charge in [-0.2, -0.15) is 5.10 Å². The molecule has 2 aromatic rings. The SMILES string of the molecule is NCC1(C(=O)NCc2ccccc2Cn2cccn2)CCOCC1. The van der Waals surface area contributed by atoms with E-state index in [1.54, 1.807) is 6.20 Å². The number of aromatic nitrogens is 2. The van der Waals surface area contributed by atoms with Crippen LogP contribution in [-0.4, -0.2) is 35.4 Å². The number of ether oxygens (including phenoxy) is 1. The summed E-state index contributed by atoms with van der Waals surface area (Å²) >= 11 is 0. The summed E-state index contributed by atoms with van der Waals surface area (Å²) in [6, 6.07) is 10.0. The molecule has 1 fully saturated rings. The van der Waals surface area contributed by atoms with Crippen molar-refractivity contribution in [3.8, 4) is 0 Å². The van der Waals surface area contributed by atoms with Crippen LogP contribution in [-0.2, 0) is 22.6 Å². The Morgan fingerprint density at radius 2 is 2.00 bits per heavy atom. The van der Waals surface area contributed by atoms with E-state index in [0.29, 0.717) is 45.7 Å². The van der Waals surface area contributed by atoms with Crippen molar-refractivity contribution in [2.75, 3.05) is 19.8 Å². The van der Waals surface area contributed by atoms with Crippen molar-refractivity contribution in [3.63, 3.8) is 0 Å². The Hall–Kier alpha value is -2.18. The van der Waals surface area contributed by atoms with Crippen LogP contribution in [0, 0.1) is 5.41 Å². The molecule has 0 saturated carbocycles. The Morgan fingerprint density at radius 3 is 2.67 bits per heavy atom. The molecule has 1 aliphatic heterocycles. The molecule has 1 aromatic heterocycles. The van der Waals surface area contributed by atoms with E-state index < -0.39 is 5.41 Å². The Kier molecular flexibility index (Phi) is 5.27. The second-order valence-corrected chi connectivity index (χ2v) is 6.25. The fraction of sp³-hybridized carbons (Fsp3) is 0.444. The number of benzene rings is 1. The van der Waals surface area contributed by atoms with Crippen molar-refractivity contribution in [1.82, 2.24) is 15.1 Å². The number of nitrogens with two attached hydrogens (primary N) is 1.